The summed E-state index contributed by atoms with van der Waals surface area (Å²) in [5, 5.41) is 0. The van der Waals surface area contributed by atoms with Crippen molar-refractivity contribution in [1.29, 1.82) is 0 Å². The van der Waals surface area contributed by atoms with Crippen LogP contribution in [0.3, 0.4) is 0 Å². The van der Waals surface area contributed by atoms with E-state index in [0.29, 0.717) is 24.0 Å². The number of carbonyl (C=O) groups excluding carboxylic acids is 1. The molecule has 5 heteroatoms. The van der Waals surface area contributed by atoms with Crippen LogP contribution in [-0.2, 0) is 9.53 Å². The van der Waals surface area contributed by atoms with Crippen LogP contribution in [0, 0.1) is 6.92 Å². The molecule has 0 amide bonds. The van der Waals surface area contributed by atoms with Gasteiger partial charge < -0.3 is 14.2 Å². The molecule has 0 fully saturated rings. The van der Waals surface area contributed by atoms with Crippen molar-refractivity contribution < 1.29 is 19.0 Å². The maximum Gasteiger partial charge on any atom is 0.363 e. The molecule has 0 aromatic heterocycles. The first kappa shape index (κ1) is 17.7. The summed E-state index contributed by atoms with van der Waals surface area (Å²) in [6, 6.07) is 13.1. The first-order chi connectivity index (χ1) is 12.6. The molecular weight excluding hydrogens is 330 g/mol. The van der Waals surface area contributed by atoms with Crippen molar-refractivity contribution in [3.63, 3.8) is 0 Å². The molecule has 3 rings (SSSR count). The zero-order valence-electron chi connectivity index (χ0n) is 15.1. The third-order valence-corrected chi connectivity index (χ3v) is 3.95. The van der Waals surface area contributed by atoms with Crippen molar-refractivity contribution in [2.24, 2.45) is 4.99 Å². The minimum atomic E-state index is -0.463. The number of cyclic esters (lactones) is 1. The van der Waals surface area contributed by atoms with E-state index in [1.807, 2.05) is 56.3 Å². The second kappa shape index (κ2) is 7.87. The van der Waals surface area contributed by atoms with Gasteiger partial charge in [0.25, 0.3) is 0 Å². The van der Waals surface area contributed by atoms with Crippen molar-refractivity contribution >= 4 is 17.9 Å². The monoisotopic (exact) mass is 351 g/mol. The molecule has 0 atom stereocenters. The molecule has 0 saturated heterocycles. The van der Waals surface area contributed by atoms with Crippen molar-refractivity contribution in [3.8, 4) is 11.5 Å². The molecule has 0 radical (unpaired) electrons. The van der Waals surface area contributed by atoms with Gasteiger partial charge in [0.1, 0.15) is 0 Å². The highest BCUT2D eigenvalue weighted by Gasteiger charge is 2.25. The van der Waals surface area contributed by atoms with E-state index in [0.717, 1.165) is 23.1 Å². The number of rotatable bonds is 6. The van der Waals surface area contributed by atoms with Crippen molar-refractivity contribution in [2.75, 3.05) is 13.7 Å². The Morgan fingerprint density at radius 1 is 1.15 bits per heavy atom. The van der Waals surface area contributed by atoms with Gasteiger partial charge in [0, 0.05) is 5.56 Å². The number of nitrogens with zero attached hydrogens (tertiary/aromatic N) is 1. The van der Waals surface area contributed by atoms with Gasteiger partial charge in [-0.3, -0.25) is 0 Å². The van der Waals surface area contributed by atoms with E-state index in [-0.39, 0.29) is 5.70 Å². The lowest BCUT2D eigenvalue weighted by Crippen LogP contribution is -2.06. The minimum Gasteiger partial charge on any atom is -0.493 e. The molecule has 0 saturated carbocycles. The maximum absolute atomic E-state index is 12.2. The number of carbonyl (C=O) groups is 1. The third kappa shape index (κ3) is 3.77. The van der Waals surface area contributed by atoms with Gasteiger partial charge in [-0.15, -0.1) is 0 Å². The molecule has 0 aliphatic carbocycles. The molecule has 134 valence electrons. The first-order valence-electron chi connectivity index (χ1n) is 8.51. The summed E-state index contributed by atoms with van der Waals surface area (Å²) in [7, 11) is 1.60. The van der Waals surface area contributed by atoms with E-state index in [4.69, 9.17) is 14.2 Å². The lowest BCUT2D eigenvalue weighted by atomic mass is 10.1. The number of aliphatic imine (C=N–C) groups is 1. The first-order valence-corrected chi connectivity index (χ1v) is 8.51. The largest absolute Gasteiger partial charge is 0.493 e. The Labute approximate surface area is 152 Å². The van der Waals surface area contributed by atoms with Crippen LogP contribution >= 0.6 is 0 Å². The van der Waals surface area contributed by atoms with E-state index < -0.39 is 5.97 Å². The van der Waals surface area contributed by atoms with Gasteiger partial charge in [0.05, 0.1) is 13.7 Å². The Morgan fingerprint density at radius 2 is 1.96 bits per heavy atom. The molecule has 2 aromatic rings. The summed E-state index contributed by atoms with van der Waals surface area (Å²) in [5.74, 6) is 1.15. The molecule has 26 heavy (non-hydrogen) atoms. The molecule has 0 spiro atoms. The average molecular weight is 351 g/mol. The Morgan fingerprint density at radius 3 is 2.69 bits per heavy atom. The topological polar surface area (TPSA) is 57.1 Å². The standard InChI is InChI=1S/C21H21NO4/c1-4-11-25-19-13-15(9-10-18(19)24-3)12-17-21(23)26-20(22-17)16-8-6-5-7-14(16)2/h5-10,12-13H,4,11H2,1-3H3. The normalized spacial score (nSPS) is 15.0. The Hall–Kier alpha value is -3.08. The molecule has 0 bridgehead atoms. The van der Waals surface area contributed by atoms with E-state index >= 15 is 0 Å². The zero-order chi connectivity index (χ0) is 18.5. The Kier molecular flexibility index (Phi) is 5.37. The fraction of sp³-hybridized carbons (Fsp3) is 0.238. The molecule has 1 aliphatic rings. The van der Waals surface area contributed by atoms with Gasteiger partial charge in [-0.1, -0.05) is 31.2 Å². The van der Waals surface area contributed by atoms with Gasteiger partial charge in [0.15, 0.2) is 17.2 Å². The number of ether oxygens (including phenoxy) is 3. The minimum absolute atomic E-state index is 0.259. The molecule has 2 aromatic carbocycles. The van der Waals surface area contributed by atoms with Crippen LogP contribution in [0.25, 0.3) is 6.08 Å². The molecule has 0 N–H and O–H groups in total. The van der Waals surface area contributed by atoms with Crippen molar-refractivity contribution in [2.45, 2.75) is 20.3 Å². The SMILES string of the molecule is CCCOc1cc(C=C2N=C(c3ccccc3C)OC2=O)ccc1OC. The van der Waals surface area contributed by atoms with Gasteiger partial charge in [0.2, 0.25) is 5.90 Å². The number of hydrogen-bond acceptors (Lipinski definition) is 5. The van der Waals surface area contributed by atoms with Crippen LogP contribution in [-0.4, -0.2) is 25.6 Å². The fourth-order valence-corrected chi connectivity index (χ4v) is 2.60. The Balaban J connectivity index is 1.92. The molecule has 5 nitrogen and oxygen atoms in total. The summed E-state index contributed by atoms with van der Waals surface area (Å²) in [5.41, 5.74) is 2.86. The van der Waals surface area contributed by atoms with Crippen LogP contribution in [0.4, 0.5) is 0 Å². The average Bonchev–Trinajstić information content (AvgIpc) is 3.00. The predicted molar refractivity (Wildman–Crippen MR) is 101 cm³/mol. The quantitative estimate of drug-likeness (QED) is 0.580. The van der Waals surface area contributed by atoms with Crippen molar-refractivity contribution in [1.82, 2.24) is 0 Å². The van der Waals surface area contributed by atoms with Crippen LogP contribution < -0.4 is 9.47 Å². The van der Waals surface area contributed by atoms with Crippen LogP contribution in [0.1, 0.15) is 30.0 Å². The number of esters is 1. The lowest BCUT2D eigenvalue weighted by molar-refractivity contribution is -0.129. The van der Waals surface area contributed by atoms with Gasteiger partial charge >= 0.3 is 5.97 Å². The zero-order valence-corrected chi connectivity index (χ0v) is 15.1. The number of methoxy groups -OCH3 is 1. The third-order valence-electron chi connectivity index (χ3n) is 3.95. The summed E-state index contributed by atoms with van der Waals surface area (Å²) >= 11 is 0. The summed E-state index contributed by atoms with van der Waals surface area (Å²) in [6.07, 6.45) is 2.58. The highest BCUT2D eigenvalue weighted by molar-refractivity contribution is 6.13. The maximum atomic E-state index is 12.2. The predicted octanol–water partition coefficient (Wildman–Crippen LogP) is 4.14. The van der Waals surface area contributed by atoms with Crippen LogP contribution in [0.5, 0.6) is 11.5 Å². The number of hydrogen-bond donors (Lipinski definition) is 0. The van der Waals surface area contributed by atoms with E-state index in [9.17, 15) is 4.79 Å². The van der Waals surface area contributed by atoms with Gasteiger partial charge in [-0.05, 0) is 48.7 Å². The lowest BCUT2D eigenvalue weighted by Gasteiger charge is -2.10. The van der Waals surface area contributed by atoms with Crippen LogP contribution in [0.15, 0.2) is 53.2 Å². The second-order valence-electron chi connectivity index (χ2n) is 5.91. The molecule has 1 heterocycles. The smallest absolute Gasteiger partial charge is 0.363 e. The highest BCUT2D eigenvalue weighted by Crippen LogP contribution is 2.30. The molecular formula is C21H21NO4. The van der Waals surface area contributed by atoms with E-state index in [1.165, 1.54) is 0 Å². The number of benzene rings is 2. The molecule has 0 unspecified atom stereocenters. The van der Waals surface area contributed by atoms with E-state index in [1.54, 1.807) is 13.2 Å². The van der Waals surface area contributed by atoms with E-state index in [2.05, 4.69) is 4.99 Å². The summed E-state index contributed by atoms with van der Waals surface area (Å²) in [6.45, 7) is 4.58. The fourth-order valence-electron chi connectivity index (χ4n) is 2.60. The second-order valence-corrected chi connectivity index (χ2v) is 5.91. The van der Waals surface area contributed by atoms with Gasteiger partial charge in [-0.25, -0.2) is 9.79 Å². The number of aryl methyl sites for hydroxylation is 1. The van der Waals surface area contributed by atoms with Crippen molar-refractivity contribution in [3.05, 3.63) is 64.9 Å². The molecule has 1 aliphatic heterocycles. The van der Waals surface area contributed by atoms with Crippen LogP contribution in [0.2, 0.25) is 0 Å². The summed E-state index contributed by atoms with van der Waals surface area (Å²) in [4.78, 5) is 16.6. The highest BCUT2D eigenvalue weighted by atomic mass is 16.6. The summed E-state index contributed by atoms with van der Waals surface area (Å²) < 4.78 is 16.4. The van der Waals surface area contributed by atoms with Gasteiger partial charge in [-0.2, -0.15) is 0 Å². The Bertz CT molecular complexity index is 883.